The van der Waals surface area contributed by atoms with Gasteiger partial charge in [0.1, 0.15) is 5.82 Å². The van der Waals surface area contributed by atoms with Crippen molar-refractivity contribution in [2.75, 3.05) is 0 Å². The standard InChI is InChI=1S/C17H19N3/c1-2-17-19-15-8-3-4-9-16(15)20(17)12-14-7-5-6-13(10-14)11-18/h3-10H,2,11-12,18H2,1H3. The summed E-state index contributed by atoms with van der Waals surface area (Å²) in [6.07, 6.45) is 0.936. The third kappa shape index (κ3) is 2.32. The highest BCUT2D eigenvalue weighted by Gasteiger charge is 2.09. The van der Waals surface area contributed by atoms with E-state index in [1.807, 2.05) is 6.07 Å². The molecule has 0 radical (unpaired) electrons. The van der Waals surface area contributed by atoms with Gasteiger partial charge in [-0.25, -0.2) is 4.98 Å². The fraction of sp³-hybridized carbons (Fsp3) is 0.235. The van der Waals surface area contributed by atoms with Crippen LogP contribution in [0.15, 0.2) is 48.5 Å². The number of imidazole rings is 1. The average molecular weight is 265 g/mol. The van der Waals surface area contributed by atoms with Gasteiger partial charge in [-0.1, -0.05) is 43.3 Å². The van der Waals surface area contributed by atoms with Crippen molar-refractivity contribution in [2.45, 2.75) is 26.4 Å². The van der Waals surface area contributed by atoms with E-state index in [4.69, 9.17) is 10.7 Å². The van der Waals surface area contributed by atoms with Crippen LogP contribution in [0.3, 0.4) is 0 Å². The van der Waals surface area contributed by atoms with Crippen LogP contribution in [0, 0.1) is 0 Å². The van der Waals surface area contributed by atoms with Gasteiger partial charge in [-0.3, -0.25) is 0 Å². The van der Waals surface area contributed by atoms with E-state index >= 15 is 0 Å². The monoisotopic (exact) mass is 265 g/mol. The van der Waals surface area contributed by atoms with Crippen LogP contribution in [0.2, 0.25) is 0 Å². The van der Waals surface area contributed by atoms with E-state index < -0.39 is 0 Å². The van der Waals surface area contributed by atoms with Gasteiger partial charge < -0.3 is 10.3 Å². The van der Waals surface area contributed by atoms with Crippen molar-refractivity contribution in [2.24, 2.45) is 5.73 Å². The Kier molecular flexibility index (Phi) is 3.52. The molecule has 0 saturated carbocycles. The minimum absolute atomic E-state index is 0.582. The molecule has 0 bridgehead atoms. The second-order valence-corrected chi connectivity index (χ2v) is 4.98. The molecule has 0 aliphatic heterocycles. The molecular formula is C17H19N3. The molecule has 3 aromatic rings. The summed E-state index contributed by atoms with van der Waals surface area (Å²) in [6.45, 7) is 3.57. The third-order valence-electron chi connectivity index (χ3n) is 3.62. The zero-order valence-corrected chi connectivity index (χ0v) is 11.7. The Hall–Kier alpha value is -2.13. The predicted octanol–water partition coefficient (Wildman–Crippen LogP) is 3.11. The largest absolute Gasteiger partial charge is 0.326 e. The molecule has 1 aromatic heterocycles. The van der Waals surface area contributed by atoms with Crippen molar-refractivity contribution in [1.29, 1.82) is 0 Å². The summed E-state index contributed by atoms with van der Waals surface area (Å²) >= 11 is 0. The minimum Gasteiger partial charge on any atom is -0.326 e. The van der Waals surface area contributed by atoms with E-state index in [0.717, 1.165) is 24.3 Å². The molecule has 0 unspecified atom stereocenters. The summed E-state index contributed by atoms with van der Waals surface area (Å²) in [6, 6.07) is 16.8. The Morgan fingerprint density at radius 2 is 1.85 bits per heavy atom. The van der Waals surface area contributed by atoms with Gasteiger partial charge in [-0.05, 0) is 23.3 Å². The Morgan fingerprint density at radius 1 is 1.05 bits per heavy atom. The van der Waals surface area contributed by atoms with E-state index in [2.05, 4.69) is 54.0 Å². The molecular weight excluding hydrogens is 246 g/mol. The number of para-hydroxylation sites is 2. The molecule has 102 valence electrons. The van der Waals surface area contributed by atoms with E-state index in [9.17, 15) is 0 Å². The molecule has 20 heavy (non-hydrogen) atoms. The zero-order valence-electron chi connectivity index (χ0n) is 11.7. The first-order valence-corrected chi connectivity index (χ1v) is 7.04. The fourth-order valence-electron chi connectivity index (χ4n) is 2.61. The second-order valence-electron chi connectivity index (χ2n) is 4.98. The topological polar surface area (TPSA) is 43.8 Å². The predicted molar refractivity (Wildman–Crippen MR) is 82.5 cm³/mol. The number of rotatable bonds is 4. The van der Waals surface area contributed by atoms with Crippen LogP contribution in [0.1, 0.15) is 23.9 Å². The normalized spacial score (nSPS) is 11.1. The van der Waals surface area contributed by atoms with Crippen molar-refractivity contribution in [3.63, 3.8) is 0 Å². The van der Waals surface area contributed by atoms with Gasteiger partial charge in [0.2, 0.25) is 0 Å². The molecule has 2 aromatic carbocycles. The summed E-state index contributed by atoms with van der Waals surface area (Å²) in [5, 5.41) is 0. The zero-order chi connectivity index (χ0) is 13.9. The third-order valence-corrected chi connectivity index (χ3v) is 3.62. The number of nitrogens with two attached hydrogens (primary N) is 1. The lowest BCUT2D eigenvalue weighted by atomic mass is 10.1. The summed E-state index contributed by atoms with van der Waals surface area (Å²) in [5.74, 6) is 1.13. The first-order chi connectivity index (χ1) is 9.81. The maximum atomic E-state index is 5.72. The number of fused-ring (bicyclic) bond motifs is 1. The number of benzene rings is 2. The number of hydrogen-bond acceptors (Lipinski definition) is 2. The molecule has 3 heteroatoms. The molecule has 3 nitrogen and oxygen atoms in total. The average Bonchev–Trinajstić information content (AvgIpc) is 2.85. The van der Waals surface area contributed by atoms with Crippen LogP contribution in [0.5, 0.6) is 0 Å². The molecule has 1 heterocycles. The molecule has 2 N–H and O–H groups in total. The lowest BCUT2D eigenvalue weighted by molar-refractivity contribution is 0.752. The Morgan fingerprint density at radius 3 is 2.65 bits per heavy atom. The van der Waals surface area contributed by atoms with Crippen molar-refractivity contribution in [3.8, 4) is 0 Å². The second kappa shape index (κ2) is 5.47. The molecule has 0 saturated heterocycles. The van der Waals surface area contributed by atoms with Crippen molar-refractivity contribution in [1.82, 2.24) is 9.55 Å². The minimum atomic E-state index is 0.582. The van der Waals surface area contributed by atoms with Gasteiger partial charge in [0, 0.05) is 19.5 Å². The Bertz CT molecular complexity index is 728. The van der Waals surface area contributed by atoms with Gasteiger partial charge in [0.25, 0.3) is 0 Å². The number of hydrogen-bond donors (Lipinski definition) is 1. The van der Waals surface area contributed by atoms with Gasteiger partial charge in [-0.2, -0.15) is 0 Å². The SMILES string of the molecule is CCc1nc2ccccc2n1Cc1cccc(CN)c1. The van der Waals surface area contributed by atoms with Crippen molar-refractivity contribution < 1.29 is 0 Å². The van der Waals surface area contributed by atoms with Gasteiger partial charge in [0.05, 0.1) is 11.0 Å². The molecule has 0 aliphatic carbocycles. The molecule has 0 atom stereocenters. The summed E-state index contributed by atoms with van der Waals surface area (Å²) in [7, 11) is 0. The van der Waals surface area contributed by atoms with Crippen LogP contribution in [0.25, 0.3) is 11.0 Å². The van der Waals surface area contributed by atoms with Crippen LogP contribution in [-0.4, -0.2) is 9.55 Å². The molecule has 3 rings (SSSR count). The maximum Gasteiger partial charge on any atom is 0.109 e. The van der Waals surface area contributed by atoms with E-state index in [0.29, 0.717) is 6.54 Å². The highest BCUT2D eigenvalue weighted by atomic mass is 15.1. The fourth-order valence-corrected chi connectivity index (χ4v) is 2.61. The quantitative estimate of drug-likeness (QED) is 0.787. The van der Waals surface area contributed by atoms with Crippen LogP contribution in [-0.2, 0) is 19.5 Å². The highest BCUT2D eigenvalue weighted by molar-refractivity contribution is 5.76. The number of nitrogens with zero attached hydrogens (tertiary/aromatic N) is 2. The Labute approximate surface area is 119 Å². The van der Waals surface area contributed by atoms with Crippen LogP contribution >= 0.6 is 0 Å². The summed E-state index contributed by atoms with van der Waals surface area (Å²) < 4.78 is 2.30. The molecule has 0 fully saturated rings. The van der Waals surface area contributed by atoms with Crippen molar-refractivity contribution in [3.05, 3.63) is 65.5 Å². The lowest BCUT2D eigenvalue weighted by Crippen LogP contribution is -2.05. The summed E-state index contributed by atoms with van der Waals surface area (Å²) in [4.78, 5) is 4.71. The van der Waals surface area contributed by atoms with Crippen LogP contribution < -0.4 is 5.73 Å². The lowest BCUT2D eigenvalue weighted by Gasteiger charge is -2.09. The first-order valence-electron chi connectivity index (χ1n) is 7.04. The van der Waals surface area contributed by atoms with Crippen LogP contribution in [0.4, 0.5) is 0 Å². The van der Waals surface area contributed by atoms with E-state index in [-0.39, 0.29) is 0 Å². The van der Waals surface area contributed by atoms with Crippen molar-refractivity contribution >= 4 is 11.0 Å². The molecule has 0 aliphatic rings. The maximum absolute atomic E-state index is 5.72. The molecule has 0 amide bonds. The van der Waals surface area contributed by atoms with E-state index in [1.165, 1.54) is 16.6 Å². The highest BCUT2D eigenvalue weighted by Crippen LogP contribution is 2.18. The number of aromatic nitrogens is 2. The van der Waals surface area contributed by atoms with Gasteiger partial charge >= 0.3 is 0 Å². The Balaban J connectivity index is 2.04. The smallest absolute Gasteiger partial charge is 0.109 e. The number of aryl methyl sites for hydroxylation is 1. The van der Waals surface area contributed by atoms with E-state index in [1.54, 1.807) is 0 Å². The summed E-state index contributed by atoms with van der Waals surface area (Å²) in [5.41, 5.74) is 10.4. The van der Waals surface area contributed by atoms with Gasteiger partial charge in [-0.15, -0.1) is 0 Å². The van der Waals surface area contributed by atoms with Gasteiger partial charge in [0.15, 0.2) is 0 Å². The molecule has 0 spiro atoms. The first kappa shape index (κ1) is 12.9.